The number of nitrogens with zero attached hydrogens (tertiary/aromatic N) is 2. The number of aromatic nitrogens is 2. The van der Waals surface area contributed by atoms with Crippen LogP contribution in [0.2, 0.25) is 0 Å². The molecule has 0 atom stereocenters. The lowest BCUT2D eigenvalue weighted by Crippen LogP contribution is -1.98. The highest BCUT2D eigenvalue weighted by Crippen LogP contribution is 2.01. The van der Waals surface area contributed by atoms with E-state index < -0.39 is 5.97 Å². The molecule has 1 heterocycles. The highest BCUT2D eigenvalue weighted by molar-refractivity contribution is 5.88. The zero-order valence-corrected chi connectivity index (χ0v) is 6.53. The quantitative estimate of drug-likeness (QED) is 0.603. The molecule has 0 aromatic carbocycles. The van der Waals surface area contributed by atoms with Gasteiger partial charge in [0.15, 0.2) is 5.69 Å². The summed E-state index contributed by atoms with van der Waals surface area (Å²) in [6.45, 7) is 0. The molecule has 2 N–H and O–H groups in total. The molecular formula is C8H5N3O2. The second-order valence-corrected chi connectivity index (χ2v) is 2.10. The van der Waals surface area contributed by atoms with Crippen molar-refractivity contribution in [1.82, 2.24) is 10.2 Å². The van der Waals surface area contributed by atoms with Crippen LogP contribution >= 0.6 is 0 Å². The van der Waals surface area contributed by atoms with Crippen molar-refractivity contribution in [2.75, 3.05) is 0 Å². The number of hydrogen-bond donors (Lipinski definition) is 2. The normalized spacial score (nSPS) is 8.23. The molecule has 0 aliphatic heterocycles. The number of aromatic carboxylic acids is 1. The Balaban J connectivity index is 2.92. The Morgan fingerprint density at radius 3 is 3.15 bits per heavy atom. The fraction of sp³-hybridized carbons (Fsp3) is 0.125. The second-order valence-electron chi connectivity index (χ2n) is 2.10. The van der Waals surface area contributed by atoms with Gasteiger partial charge in [-0.05, 0) is 0 Å². The Morgan fingerprint density at radius 2 is 2.54 bits per heavy atom. The van der Waals surface area contributed by atoms with Crippen molar-refractivity contribution in [2.24, 2.45) is 0 Å². The summed E-state index contributed by atoms with van der Waals surface area (Å²) in [7, 11) is 0. The third-order valence-corrected chi connectivity index (χ3v) is 1.24. The maximum atomic E-state index is 10.5. The Morgan fingerprint density at radius 1 is 1.77 bits per heavy atom. The number of hydrogen-bond acceptors (Lipinski definition) is 3. The van der Waals surface area contributed by atoms with E-state index >= 15 is 0 Å². The first-order valence-corrected chi connectivity index (χ1v) is 3.38. The molecule has 0 unspecified atom stereocenters. The van der Waals surface area contributed by atoms with Gasteiger partial charge in [-0.15, -0.1) is 0 Å². The average Bonchev–Trinajstić information content (AvgIpc) is 2.53. The Bertz CT molecular complexity index is 417. The molecule has 0 bridgehead atoms. The second kappa shape index (κ2) is 3.93. The van der Waals surface area contributed by atoms with Crippen LogP contribution in [0, 0.1) is 23.2 Å². The van der Waals surface area contributed by atoms with Crippen LogP contribution in [0.3, 0.4) is 0 Å². The Hall–Kier alpha value is -2.27. The first kappa shape index (κ1) is 8.82. The maximum absolute atomic E-state index is 10.5. The van der Waals surface area contributed by atoms with E-state index in [-0.39, 0.29) is 12.1 Å². The van der Waals surface area contributed by atoms with Gasteiger partial charge in [0.25, 0.3) is 0 Å². The number of carboxylic acids is 1. The average molecular weight is 175 g/mol. The minimum atomic E-state index is -1.11. The molecule has 64 valence electrons. The molecule has 0 fully saturated rings. The summed E-state index contributed by atoms with van der Waals surface area (Å²) < 4.78 is 0. The monoisotopic (exact) mass is 175 g/mol. The minimum absolute atomic E-state index is 0.0505. The number of nitriles is 1. The molecule has 0 saturated heterocycles. The van der Waals surface area contributed by atoms with Crippen LogP contribution in [0.4, 0.5) is 0 Å². The third-order valence-electron chi connectivity index (χ3n) is 1.24. The lowest BCUT2D eigenvalue weighted by molar-refractivity contribution is 0.0690. The van der Waals surface area contributed by atoms with Gasteiger partial charge in [0.1, 0.15) is 0 Å². The molecule has 1 aromatic rings. The fourth-order valence-corrected chi connectivity index (χ4v) is 0.723. The van der Waals surface area contributed by atoms with Gasteiger partial charge in [0.05, 0.1) is 24.3 Å². The molecule has 0 spiro atoms. The van der Waals surface area contributed by atoms with E-state index in [1.807, 2.05) is 6.07 Å². The molecule has 13 heavy (non-hydrogen) atoms. The number of rotatable bonds is 1. The highest BCUT2D eigenvalue weighted by atomic mass is 16.4. The third kappa shape index (κ3) is 2.08. The lowest BCUT2D eigenvalue weighted by Gasteiger charge is -1.86. The van der Waals surface area contributed by atoms with Crippen LogP contribution in [0.1, 0.15) is 22.5 Å². The van der Waals surface area contributed by atoms with Crippen molar-refractivity contribution in [2.45, 2.75) is 6.42 Å². The number of aromatic amines is 1. The van der Waals surface area contributed by atoms with Crippen molar-refractivity contribution < 1.29 is 9.90 Å². The van der Waals surface area contributed by atoms with E-state index in [0.29, 0.717) is 5.56 Å². The molecule has 0 radical (unpaired) electrons. The van der Waals surface area contributed by atoms with Crippen LogP contribution in [0.25, 0.3) is 0 Å². The summed E-state index contributed by atoms with van der Waals surface area (Å²) in [5.41, 5.74) is 0.244. The van der Waals surface area contributed by atoms with Gasteiger partial charge in [0, 0.05) is 0 Å². The van der Waals surface area contributed by atoms with Gasteiger partial charge in [0.2, 0.25) is 0 Å². The van der Waals surface area contributed by atoms with Gasteiger partial charge in [-0.3, -0.25) is 5.10 Å². The smallest absolute Gasteiger partial charge is 0.355 e. The molecule has 0 saturated carbocycles. The van der Waals surface area contributed by atoms with Gasteiger partial charge in [-0.2, -0.15) is 10.4 Å². The first-order chi connectivity index (χ1) is 6.25. The van der Waals surface area contributed by atoms with Gasteiger partial charge in [-0.25, -0.2) is 4.79 Å². The molecule has 1 aromatic heterocycles. The number of carboxylic acid groups (broad SMARTS) is 1. The fourth-order valence-electron chi connectivity index (χ4n) is 0.723. The summed E-state index contributed by atoms with van der Waals surface area (Å²) in [6.07, 6.45) is 1.39. The van der Waals surface area contributed by atoms with E-state index in [1.165, 1.54) is 6.20 Å². The standard InChI is InChI=1S/C8H5N3O2/c9-4-2-1-3-6-5-10-11-7(6)8(12)13/h5H,2H2,(H,10,11)(H,12,13). The van der Waals surface area contributed by atoms with Crippen LogP contribution in [-0.2, 0) is 0 Å². The molecule has 5 nitrogen and oxygen atoms in total. The van der Waals surface area contributed by atoms with Crippen LogP contribution in [0.5, 0.6) is 0 Å². The summed E-state index contributed by atoms with van der Waals surface area (Å²) in [5, 5.41) is 22.6. The van der Waals surface area contributed by atoms with Crippen molar-refractivity contribution in [1.29, 1.82) is 5.26 Å². The van der Waals surface area contributed by atoms with Crippen molar-refractivity contribution in [3.05, 3.63) is 17.5 Å². The summed E-state index contributed by atoms with van der Waals surface area (Å²) in [4.78, 5) is 10.5. The van der Waals surface area contributed by atoms with E-state index in [2.05, 4.69) is 22.0 Å². The molecule has 0 amide bonds. The molecule has 0 aliphatic carbocycles. The highest BCUT2D eigenvalue weighted by Gasteiger charge is 2.09. The maximum Gasteiger partial charge on any atom is 0.355 e. The summed E-state index contributed by atoms with van der Waals surface area (Å²) >= 11 is 0. The number of nitrogens with one attached hydrogen (secondary N) is 1. The topological polar surface area (TPSA) is 89.8 Å². The van der Waals surface area contributed by atoms with Gasteiger partial charge in [-0.1, -0.05) is 11.8 Å². The lowest BCUT2D eigenvalue weighted by atomic mass is 10.2. The van der Waals surface area contributed by atoms with Crippen LogP contribution < -0.4 is 0 Å². The predicted octanol–water partition coefficient (Wildman–Crippen LogP) is 0.373. The van der Waals surface area contributed by atoms with Crippen LogP contribution in [0.15, 0.2) is 6.20 Å². The largest absolute Gasteiger partial charge is 0.476 e. The van der Waals surface area contributed by atoms with Crippen molar-refractivity contribution in [3.63, 3.8) is 0 Å². The number of carbonyl (C=O) groups is 1. The van der Waals surface area contributed by atoms with Crippen molar-refractivity contribution in [3.8, 4) is 17.9 Å². The van der Waals surface area contributed by atoms with E-state index in [1.54, 1.807) is 0 Å². The van der Waals surface area contributed by atoms with E-state index in [9.17, 15) is 4.79 Å². The zero-order chi connectivity index (χ0) is 9.68. The molecule has 0 aliphatic rings. The molecule has 1 rings (SSSR count). The first-order valence-electron chi connectivity index (χ1n) is 3.38. The number of H-pyrrole nitrogens is 1. The van der Waals surface area contributed by atoms with E-state index in [4.69, 9.17) is 10.4 Å². The van der Waals surface area contributed by atoms with Gasteiger partial charge >= 0.3 is 5.97 Å². The zero-order valence-electron chi connectivity index (χ0n) is 6.53. The van der Waals surface area contributed by atoms with Crippen molar-refractivity contribution >= 4 is 5.97 Å². The van der Waals surface area contributed by atoms with E-state index in [0.717, 1.165) is 0 Å². The Kier molecular flexibility index (Phi) is 2.67. The summed E-state index contributed by atoms with van der Waals surface area (Å²) in [6, 6.07) is 1.83. The minimum Gasteiger partial charge on any atom is -0.476 e. The Labute approximate surface area is 74.0 Å². The summed E-state index contributed by atoms with van der Waals surface area (Å²) in [5.74, 6) is 3.91. The predicted molar refractivity (Wildman–Crippen MR) is 42.7 cm³/mol. The molecule has 5 heteroatoms. The molecular weight excluding hydrogens is 170 g/mol. The van der Waals surface area contributed by atoms with Gasteiger partial charge < -0.3 is 5.11 Å². The SMILES string of the molecule is N#CCC#Cc1cn[nH]c1C(=O)O. The van der Waals surface area contributed by atoms with Crippen LogP contribution in [-0.4, -0.2) is 21.3 Å².